The fourth-order valence-electron chi connectivity index (χ4n) is 4.45. The van der Waals surface area contributed by atoms with E-state index < -0.39 is 28.4 Å². The summed E-state index contributed by atoms with van der Waals surface area (Å²) in [6, 6.07) is 12.5. The molecular formula is C26H15ClN4O7S. The van der Waals surface area contributed by atoms with Crippen molar-refractivity contribution in [1.82, 2.24) is 9.97 Å². The molecule has 6 rings (SSSR count). The molecule has 4 heterocycles. The minimum absolute atomic E-state index is 0.124. The first-order valence-corrected chi connectivity index (χ1v) is 12.5. The van der Waals surface area contributed by atoms with Crippen LogP contribution in [0, 0.1) is 10.1 Å². The van der Waals surface area contributed by atoms with Gasteiger partial charge < -0.3 is 14.3 Å². The van der Waals surface area contributed by atoms with Gasteiger partial charge in [0, 0.05) is 34.8 Å². The van der Waals surface area contributed by atoms with Crippen LogP contribution in [0.3, 0.4) is 0 Å². The third kappa shape index (κ3) is 3.97. The lowest BCUT2D eigenvalue weighted by Crippen LogP contribution is -2.31. The van der Waals surface area contributed by atoms with Crippen molar-refractivity contribution >= 4 is 66.6 Å². The van der Waals surface area contributed by atoms with Crippen LogP contribution in [0.5, 0.6) is 5.75 Å². The Morgan fingerprint density at radius 2 is 2.05 bits per heavy atom. The molecule has 0 saturated carbocycles. The Hall–Kier alpha value is -4.81. The summed E-state index contributed by atoms with van der Waals surface area (Å²) >= 11 is 7.16. The summed E-state index contributed by atoms with van der Waals surface area (Å²) in [5.41, 5.74) is 0.583. The summed E-state index contributed by atoms with van der Waals surface area (Å²) in [5.74, 6) is -2.25. The number of nitro groups is 1. The first kappa shape index (κ1) is 24.5. The number of hydrogen-bond acceptors (Lipinski definition) is 10. The molecule has 0 fully saturated rings. The number of fused-ring (bicyclic) bond motifs is 2. The number of nitrogens with zero attached hydrogens (tertiary/aromatic N) is 4. The lowest BCUT2D eigenvalue weighted by atomic mass is 9.98. The van der Waals surface area contributed by atoms with Gasteiger partial charge in [0.2, 0.25) is 5.78 Å². The van der Waals surface area contributed by atoms with E-state index in [0.717, 1.165) is 16.2 Å². The van der Waals surface area contributed by atoms with Crippen LogP contribution in [0.1, 0.15) is 22.3 Å². The predicted molar refractivity (Wildman–Crippen MR) is 142 cm³/mol. The molecule has 0 spiro atoms. The minimum Gasteiger partial charge on any atom is -0.503 e. The van der Waals surface area contributed by atoms with Gasteiger partial charge in [0.05, 0.1) is 33.5 Å². The fourth-order valence-corrected chi connectivity index (χ4v) is 5.69. The zero-order valence-corrected chi connectivity index (χ0v) is 21.4. The third-order valence-corrected chi connectivity index (χ3v) is 7.42. The standard InChI is InChI=1S/C26H15ClN4O7S/c1-37-18-10-13(27)8-12-9-17(38-24(12)18)22(32)20-21(16-4-2-3-7-28-16)30(25(34)23(20)33)26-29-15-6-5-14(31(35)36)11-19(15)39-26/h2-11,21,33H,1H3. The van der Waals surface area contributed by atoms with Crippen molar-refractivity contribution in [3.05, 3.63) is 98.7 Å². The SMILES string of the molecule is COc1cc(Cl)cc2cc(C(=O)C3=C(O)C(=O)N(c4nc5ccc([N+](=O)[O-])cc5s4)C3c3ccccn3)oc12. The van der Waals surface area contributed by atoms with E-state index in [2.05, 4.69) is 9.97 Å². The Balaban J connectivity index is 1.49. The van der Waals surface area contributed by atoms with Gasteiger partial charge in [-0.15, -0.1) is 0 Å². The number of aliphatic hydroxyl groups excluding tert-OH is 1. The molecule has 1 N–H and O–H groups in total. The zero-order chi connectivity index (χ0) is 27.4. The molecule has 39 heavy (non-hydrogen) atoms. The molecule has 0 radical (unpaired) electrons. The van der Waals surface area contributed by atoms with Gasteiger partial charge in [-0.1, -0.05) is 29.0 Å². The number of nitro benzene ring substituents is 1. The molecule has 0 saturated heterocycles. The van der Waals surface area contributed by atoms with E-state index in [1.807, 2.05) is 0 Å². The number of halogens is 1. The number of non-ortho nitro benzene ring substituents is 1. The average Bonchev–Trinajstić information content (AvgIpc) is 3.62. The van der Waals surface area contributed by atoms with E-state index in [0.29, 0.717) is 32.1 Å². The van der Waals surface area contributed by atoms with Crippen LogP contribution in [0.15, 0.2) is 76.5 Å². The Morgan fingerprint density at radius 3 is 2.77 bits per heavy atom. The molecule has 13 heteroatoms. The van der Waals surface area contributed by atoms with Gasteiger partial charge in [0.25, 0.3) is 11.6 Å². The van der Waals surface area contributed by atoms with E-state index in [1.165, 1.54) is 43.6 Å². The highest BCUT2D eigenvalue weighted by Crippen LogP contribution is 2.44. The monoisotopic (exact) mass is 562 g/mol. The number of thiazole rings is 1. The van der Waals surface area contributed by atoms with Crippen LogP contribution in [-0.2, 0) is 4.79 Å². The number of Topliss-reactive ketones (excluding diaryl/α,β-unsaturated/α-hetero) is 1. The van der Waals surface area contributed by atoms with Gasteiger partial charge in [-0.3, -0.25) is 29.6 Å². The number of carbonyl (C=O) groups is 2. The van der Waals surface area contributed by atoms with E-state index >= 15 is 0 Å². The Bertz CT molecular complexity index is 1860. The van der Waals surface area contributed by atoms with Crippen molar-refractivity contribution in [2.45, 2.75) is 6.04 Å². The van der Waals surface area contributed by atoms with E-state index in [4.69, 9.17) is 20.8 Å². The molecule has 1 amide bonds. The Labute approximate surface area is 227 Å². The van der Waals surface area contributed by atoms with Crippen LogP contribution >= 0.6 is 22.9 Å². The highest BCUT2D eigenvalue weighted by Gasteiger charge is 2.47. The Morgan fingerprint density at radius 1 is 1.23 bits per heavy atom. The van der Waals surface area contributed by atoms with Gasteiger partial charge in [0.15, 0.2) is 28.0 Å². The number of furan rings is 1. The fraction of sp³-hybridized carbons (Fsp3) is 0.0769. The van der Waals surface area contributed by atoms with Crippen LogP contribution in [0.4, 0.5) is 10.8 Å². The largest absolute Gasteiger partial charge is 0.503 e. The minimum atomic E-state index is -1.15. The van der Waals surface area contributed by atoms with Crippen LogP contribution < -0.4 is 9.64 Å². The van der Waals surface area contributed by atoms with Crippen molar-refractivity contribution in [1.29, 1.82) is 0 Å². The maximum absolute atomic E-state index is 13.8. The molecule has 1 atom stereocenters. The van der Waals surface area contributed by atoms with E-state index in [1.54, 1.807) is 24.3 Å². The van der Waals surface area contributed by atoms with Crippen LogP contribution in [-0.4, -0.2) is 38.8 Å². The molecule has 11 nitrogen and oxygen atoms in total. The molecule has 1 unspecified atom stereocenters. The summed E-state index contributed by atoms with van der Waals surface area (Å²) in [6.07, 6.45) is 1.49. The van der Waals surface area contributed by atoms with Gasteiger partial charge in [0.1, 0.15) is 6.04 Å². The number of pyridine rings is 1. The topological polar surface area (TPSA) is 149 Å². The summed E-state index contributed by atoms with van der Waals surface area (Å²) in [7, 11) is 1.43. The zero-order valence-electron chi connectivity index (χ0n) is 19.8. The van der Waals surface area contributed by atoms with Crippen LogP contribution in [0.2, 0.25) is 5.02 Å². The number of ether oxygens (including phenoxy) is 1. The number of hydrogen-bond donors (Lipinski definition) is 1. The van der Waals surface area contributed by atoms with E-state index in [-0.39, 0.29) is 27.7 Å². The number of anilines is 1. The van der Waals surface area contributed by atoms with E-state index in [9.17, 15) is 24.8 Å². The van der Waals surface area contributed by atoms with Gasteiger partial charge in [-0.25, -0.2) is 4.98 Å². The summed E-state index contributed by atoms with van der Waals surface area (Å²) in [5, 5.41) is 23.2. The number of aliphatic hydroxyl groups is 1. The molecule has 1 aliphatic rings. The molecule has 194 valence electrons. The average molecular weight is 563 g/mol. The maximum atomic E-state index is 13.8. The number of benzene rings is 2. The number of ketones is 1. The van der Waals surface area contributed by atoms with Gasteiger partial charge in [-0.05, 0) is 30.3 Å². The molecule has 1 aliphatic heterocycles. The number of rotatable bonds is 6. The van der Waals surface area contributed by atoms with Crippen molar-refractivity contribution < 1.29 is 28.8 Å². The lowest BCUT2D eigenvalue weighted by Gasteiger charge is -2.23. The molecule has 0 aliphatic carbocycles. The molecule has 5 aromatic rings. The predicted octanol–water partition coefficient (Wildman–Crippen LogP) is 5.79. The number of carbonyl (C=O) groups excluding carboxylic acids is 2. The van der Waals surface area contributed by atoms with Crippen molar-refractivity contribution in [2.24, 2.45) is 0 Å². The third-order valence-electron chi connectivity index (χ3n) is 6.19. The van der Waals surface area contributed by atoms with Gasteiger partial charge in [-0.2, -0.15) is 0 Å². The maximum Gasteiger partial charge on any atom is 0.296 e. The number of amides is 1. The molecule has 0 bridgehead atoms. The van der Waals surface area contributed by atoms with Crippen molar-refractivity contribution in [3.8, 4) is 5.75 Å². The lowest BCUT2D eigenvalue weighted by molar-refractivity contribution is -0.384. The number of aromatic nitrogens is 2. The van der Waals surface area contributed by atoms with Gasteiger partial charge >= 0.3 is 0 Å². The molecule has 3 aromatic heterocycles. The summed E-state index contributed by atoms with van der Waals surface area (Å²) in [4.78, 5) is 47.9. The van der Waals surface area contributed by atoms with Crippen molar-refractivity contribution in [2.75, 3.05) is 12.0 Å². The normalized spacial score (nSPS) is 15.5. The van der Waals surface area contributed by atoms with Crippen molar-refractivity contribution in [3.63, 3.8) is 0 Å². The molecular weight excluding hydrogens is 548 g/mol. The second-order valence-corrected chi connectivity index (χ2v) is 9.91. The smallest absolute Gasteiger partial charge is 0.296 e. The highest BCUT2D eigenvalue weighted by molar-refractivity contribution is 7.22. The summed E-state index contributed by atoms with van der Waals surface area (Å²) in [6.45, 7) is 0. The van der Waals surface area contributed by atoms with Crippen LogP contribution in [0.25, 0.3) is 21.2 Å². The highest BCUT2D eigenvalue weighted by atomic mass is 35.5. The first-order valence-electron chi connectivity index (χ1n) is 11.3. The summed E-state index contributed by atoms with van der Waals surface area (Å²) < 4.78 is 11.6. The second-order valence-electron chi connectivity index (χ2n) is 8.47. The quantitative estimate of drug-likeness (QED) is 0.154. The molecule has 2 aromatic carbocycles. The first-order chi connectivity index (χ1) is 18.8. The second kappa shape index (κ2) is 9.19. The Kier molecular flexibility index (Phi) is 5.78. The number of methoxy groups -OCH3 is 1.